The molecular formula is C21H15Cl2N3O5S. The van der Waals surface area contributed by atoms with Crippen LogP contribution < -0.4 is 14.2 Å². The predicted molar refractivity (Wildman–Crippen MR) is 120 cm³/mol. The van der Waals surface area contributed by atoms with E-state index in [1.54, 1.807) is 24.3 Å². The average Bonchev–Trinajstić information content (AvgIpc) is 2.74. The van der Waals surface area contributed by atoms with Crippen LogP contribution in [0.3, 0.4) is 0 Å². The fraction of sp³-hybridized carbons (Fsp3) is 0.0952. The molecule has 3 aromatic rings. The summed E-state index contributed by atoms with van der Waals surface area (Å²) in [4.78, 5) is 16.3. The van der Waals surface area contributed by atoms with Gasteiger partial charge in [-0.2, -0.15) is 5.26 Å². The van der Waals surface area contributed by atoms with Crippen LogP contribution in [-0.4, -0.2) is 32.7 Å². The Balaban J connectivity index is 1.96. The van der Waals surface area contributed by atoms with E-state index in [0.717, 1.165) is 6.26 Å². The van der Waals surface area contributed by atoms with E-state index in [4.69, 9.17) is 32.7 Å². The number of nitrogens with zero attached hydrogens (tertiary/aromatic N) is 2. The monoisotopic (exact) mass is 491 g/mol. The molecule has 1 heterocycles. The van der Waals surface area contributed by atoms with Crippen molar-refractivity contribution in [2.45, 2.75) is 0 Å². The number of ether oxygens (including phenoxy) is 2. The quantitative estimate of drug-likeness (QED) is 0.541. The minimum atomic E-state index is -3.72. The Labute approximate surface area is 194 Å². The fourth-order valence-corrected chi connectivity index (χ4v) is 3.62. The molecule has 8 nitrogen and oxygen atoms in total. The fourth-order valence-electron chi connectivity index (χ4n) is 2.72. The van der Waals surface area contributed by atoms with E-state index in [1.807, 2.05) is 10.8 Å². The number of hydrogen-bond donors (Lipinski definition) is 1. The molecule has 0 bridgehead atoms. The zero-order valence-electron chi connectivity index (χ0n) is 16.7. The van der Waals surface area contributed by atoms with Crippen LogP contribution in [-0.2, 0) is 10.0 Å². The summed E-state index contributed by atoms with van der Waals surface area (Å²) in [5, 5.41) is 10.3. The summed E-state index contributed by atoms with van der Waals surface area (Å²) in [6, 6.07) is 12.6. The molecule has 0 saturated carbocycles. The first kappa shape index (κ1) is 23.3. The first-order valence-electron chi connectivity index (χ1n) is 8.85. The van der Waals surface area contributed by atoms with E-state index >= 15 is 0 Å². The summed E-state index contributed by atoms with van der Waals surface area (Å²) in [7, 11) is -2.32. The van der Waals surface area contributed by atoms with Crippen molar-refractivity contribution in [1.82, 2.24) is 9.71 Å². The molecule has 1 N–H and O–H groups in total. The number of amides is 1. The molecule has 11 heteroatoms. The van der Waals surface area contributed by atoms with Crippen LogP contribution >= 0.6 is 23.2 Å². The van der Waals surface area contributed by atoms with Crippen molar-refractivity contribution < 1.29 is 22.7 Å². The van der Waals surface area contributed by atoms with Gasteiger partial charge in [0.05, 0.1) is 18.4 Å². The summed E-state index contributed by atoms with van der Waals surface area (Å²) >= 11 is 12.0. The molecule has 3 rings (SSSR count). The molecule has 32 heavy (non-hydrogen) atoms. The van der Waals surface area contributed by atoms with Gasteiger partial charge < -0.3 is 9.47 Å². The van der Waals surface area contributed by atoms with Gasteiger partial charge in [0, 0.05) is 27.9 Å². The van der Waals surface area contributed by atoms with Gasteiger partial charge in [-0.25, -0.2) is 18.1 Å². The number of aromatic nitrogens is 1. The van der Waals surface area contributed by atoms with E-state index in [-0.39, 0.29) is 33.5 Å². The van der Waals surface area contributed by atoms with E-state index < -0.39 is 15.9 Å². The number of nitrogens with one attached hydrogen (secondary N) is 1. The Bertz CT molecular complexity index is 1350. The van der Waals surface area contributed by atoms with Gasteiger partial charge in [0.2, 0.25) is 15.9 Å². The minimum Gasteiger partial charge on any atom is -0.496 e. The van der Waals surface area contributed by atoms with Gasteiger partial charge in [-0.1, -0.05) is 23.2 Å². The van der Waals surface area contributed by atoms with Crippen LogP contribution in [0.1, 0.15) is 15.9 Å². The number of halogens is 2. The zero-order chi connectivity index (χ0) is 23.5. The van der Waals surface area contributed by atoms with Crippen molar-refractivity contribution >= 4 is 39.1 Å². The molecule has 0 saturated heterocycles. The topological polar surface area (TPSA) is 118 Å². The van der Waals surface area contributed by atoms with Crippen molar-refractivity contribution in [1.29, 1.82) is 5.26 Å². The summed E-state index contributed by atoms with van der Waals surface area (Å²) < 4.78 is 35.5. The molecule has 0 aliphatic heterocycles. The van der Waals surface area contributed by atoms with Crippen LogP contribution in [0.25, 0.3) is 11.1 Å². The highest BCUT2D eigenvalue weighted by molar-refractivity contribution is 7.89. The van der Waals surface area contributed by atoms with Gasteiger partial charge in [-0.05, 0) is 42.5 Å². The second-order valence-corrected chi connectivity index (χ2v) is 9.08. The highest BCUT2D eigenvalue weighted by atomic mass is 35.5. The number of pyridine rings is 1. The minimum absolute atomic E-state index is 0.0450. The molecule has 1 aromatic heterocycles. The number of carbonyl (C=O) groups is 1. The number of rotatable bonds is 6. The average molecular weight is 492 g/mol. The number of sulfonamides is 1. The maximum absolute atomic E-state index is 12.1. The van der Waals surface area contributed by atoms with Gasteiger partial charge in [-0.15, -0.1) is 0 Å². The Hall–Kier alpha value is -3.32. The zero-order valence-corrected chi connectivity index (χ0v) is 19.0. The van der Waals surface area contributed by atoms with Crippen molar-refractivity contribution in [2.75, 3.05) is 13.4 Å². The number of methoxy groups -OCH3 is 1. The summed E-state index contributed by atoms with van der Waals surface area (Å²) in [5.74, 6) is -0.182. The number of benzene rings is 2. The van der Waals surface area contributed by atoms with Crippen LogP contribution in [0.5, 0.6) is 17.4 Å². The molecule has 0 atom stereocenters. The van der Waals surface area contributed by atoms with Crippen molar-refractivity contribution in [3.8, 4) is 34.6 Å². The molecule has 0 aliphatic rings. The predicted octanol–water partition coefficient (Wildman–Crippen LogP) is 4.42. The third-order valence-electron chi connectivity index (χ3n) is 4.12. The van der Waals surface area contributed by atoms with Gasteiger partial charge in [0.15, 0.2) is 0 Å². The van der Waals surface area contributed by atoms with Crippen LogP contribution in [0, 0.1) is 11.3 Å². The van der Waals surface area contributed by atoms with E-state index in [1.165, 1.54) is 31.5 Å². The van der Waals surface area contributed by atoms with E-state index in [9.17, 15) is 18.5 Å². The Morgan fingerprint density at radius 3 is 2.50 bits per heavy atom. The first-order valence-corrected chi connectivity index (χ1v) is 11.5. The SMILES string of the molecule is COc1cc(C(=O)NS(C)(=O)=O)ccc1-c1cnc(Oc2ccc(Cl)cc2Cl)c(C#N)c1. The molecule has 164 valence electrons. The molecule has 0 unspecified atom stereocenters. The second-order valence-electron chi connectivity index (χ2n) is 6.48. The van der Waals surface area contributed by atoms with Crippen molar-refractivity contribution in [2.24, 2.45) is 0 Å². The lowest BCUT2D eigenvalue weighted by atomic mass is 10.0. The molecule has 2 aromatic carbocycles. The largest absolute Gasteiger partial charge is 0.496 e. The van der Waals surface area contributed by atoms with Crippen LogP contribution in [0.15, 0.2) is 48.7 Å². The normalized spacial score (nSPS) is 10.8. The Kier molecular flexibility index (Phi) is 6.89. The van der Waals surface area contributed by atoms with Gasteiger partial charge in [0.1, 0.15) is 23.1 Å². The molecular weight excluding hydrogens is 477 g/mol. The van der Waals surface area contributed by atoms with E-state index in [2.05, 4.69) is 4.98 Å². The molecule has 1 amide bonds. The lowest BCUT2D eigenvalue weighted by molar-refractivity contribution is 0.0981. The third kappa shape index (κ3) is 5.48. The highest BCUT2D eigenvalue weighted by Gasteiger charge is 2.17. The summed E-state index contributed by atoms with van der Waals surface area (Å²) in [5.41, 5.74) is 1.27. The lowest BCUT2D eigenvalue weighted by Crippen LogP contribution is -2.29. The first-order chi connectivity index (χ1) is 15.1. The molecule has 0 radical (unpaired) electrons. The van der Waals surface area contributed by atoms with Crippen LogP contribution in [0.2, 0.25) is 10.0 Å². The highest BCUT2D eigenvalue weighted by Crippen LogP contribution is 2.35. The maximum Gasteiger partial charge on any atom is 0.264 e. The number of carbonyl (C=O) groups excluding carboxylic acids is 1. The summed E-state index contributed by atoms with van der Waals surface area (Å²) in [6.07, 6.45) is 2.35. The number of hydrogen-bond acceptors (Lipinski definition) is 7. The number of nitriles is 1. The van der Waals surface area contributed by atoms with Crippen LogP contribution in [0.4, 0.5) is 0 Å². The lowest BCUT2D eigenvalue weighted by Gasteiger charge is -2.13. The standard InChI is InChI=1S/C21H15Cl2N3O5S/c1-30-19-8-12(20(27)26-32(2,28)29)3-5-16(19)14-7-13(10-24)21(25-11-14)31-18-6-4-15(22)9-17(18)23/h3-9,11H,1-2H3,(H,26,27). The molecule has 0 fully saturated rings. The maximum atomic E-state index is 12.1. The van der Waals surface area contributed by atoms with Crippen molar-refractivity contribution in [3.63, 3.8) is 0 Å². The van der Waals surface area contributed by atoms with Gasteiger partial charge in [0.25, 0.3) is 5.91 Å². The molecule has 0 spiro atoms. The van der Waals surface area contributed by atoms with E-state index in [0.29, 0.717) is 16.1 Å². The smallest absolute Gasteiger partial charge is 0.264 e. The third-order valence-corrected chi connectivity index (χ3v) is 5.21. The Morgan fingerprint density at radius 1 is 1.12 bits per heavy atom. The summed E-state index contributed by atoms with van der Waals surface area (Å²) in [6.45, 7) is 0. The second kappa shape index (κ2) is 9.44. The Morgan fingerprint density at radius 2 is 1.88 bits per heavy atom. The van der Waals surface area contributed by atoms with Gasteiger partial charge in [-0.3, -0.25) is 4.79 Å². The van der Waals surface area contributed by atoms with Gasteiger partial charge >= 0.3 is 0 Å². The molecule has 0 aliphatic carbocycles. The van der Waals surface area contributed by atoms with Crippen molar-refractivity contribution in [3.05, 3.63) is 69.8 Å².